The molecule has 1 heterocycles. The van der Waals surface area contributed by atoms with Crippen molar-refractivity contribution in [2.75, 3.05) is 5.32 Å². The summed E-state index contributed by atoms with van der Waals surface area (Å²) in [7, 11) is 0. The second kappa shape index (κ2) is 6.23. The number of carbonyl (C=O) groups excluding carboxylic acids is 1. The van der Waals surface area contributed by atoms with E-state index in [4.69, 9.17) is 5.73 Å². The van der Waals surface area contributed by atoms with Gasteiger partial charge in [-0.2, -0.15) is 4.68 Å². The molecule has 2 atom stereocenters. The Morgan fingerprint density at radius 3 is 3.00 bits per heavy atom. The molecule has 1 aromatic heterocycles. The fraction of sp³-hybridized carbons (Fsp3) is 0.467. The van der Waals surface area contributed by atoms with Crippen molar-refractivity contribution in [3.63, 3.8) is 0 Å². The number of nitrogens with two attached hydrogens (primary N) is 1. The van der Waals surface area contributed by atoms with Crippen molar-refractivity contribution in [3.05, 3.63) is 30.1 Å². The zero-order valence-corrected chi connectivity index (χ0v) is 12.6. The average molecular weight is 300 g/mol. The van der Waals surface area contributed by atoms with Crippen LogP contribution < -0.4 is 11.1 Å². The van der Waals surface area contributed by atoms with Gasteiger partial charge in [-0.3, -0.25) is 4.79 Å². The van der Waals surface area contributed by atoms with Gasteiger partial charge in [0.25, 0.3) is 0 Å². The molecule has 22 heavy (non-hydrogen) atoms. The molecule has 116 valence electrons. The van der Waals surface area contributed by atoms with Gasteiger partial charge >= 0.3 is 0 Å². The van der Waals surface area contributed by atoms with Crippen molar-refractivity contribution >= 4 is 11.6 Å². The molecule has 7 heteroatoms. The summed E-state index contributed by atoms with van der Waals surface area (Å²) in [5, 5.41) is 14.4. The van der Waals surface area contributed by atoms with Crippen LogP contribution in [-0.4, -0.2) is 32.2 Å². The largest absolute Gasteiger partial charge is 0.328 e. The van der Waals surface area contributed by atoms with Gasteiger partial charge in [0.05, 0.1) is 5.69 Å². The molecule has 0 bridgehead atoms. The van der Waals surface area contributed by atoms with Crippen molar-refractivity contribution in [2.45, 2.75) is 38.6 Å². The minimum atomic E-state index is 0.00202. The Morgan fingerprint density at radius 2 is 2.27 bits per heavy atom. The Hall–Kier alpha value is -2.28. The number of nitrogens with one attached hydrogen (secondary N) is 1. The predicted octanol–water partition coefficient (Wildman–Crippen LogP) is 1.43. The molecule has 1 amide bonds. The predicted molar refractivity (Wildman–Crippen MR) is 82.5 cm³/mol. The van der Waals surface area contributed by atoms with Gasteiger partial charge in [-0.25, -0.2) is 0 Å². The number of hydrogen-bond acceptors (Lipinski definition) is 5. The lowest BCUT2D eigenvalue weighted by molar-refractivity contribution is -0.120. The number of aryl methyl sites for hydroxylation is 1. The van der Waals surface area contributed by atoms with E-state index in [0.717, 1.165) is 37.1 Å². The first kappa shape index (κ1) is 14.6. The molecule has 3 rings (SSSR count). The minimum absolute atomic E-state index is 0.00202. The summed E-state index contributed by atoms with van der Waals surface area (Å²) in [6.45, 7) is 1.83. The van der Waals surface area contributed by atoms with E-state index in [1.54, 1.807) is 4.68 Å². The van der Waals surface area contributed by atoms with Gasteiger partial charge in [-0.15, -0.1) is 5.10 Å². The highest BCUT2D eigenvalue weighted by Crippen LogP contribution is 2.25. The van der Waals surface area contributed by atoms with E-state index in [9.17, 15) is 4.79 Å². The number of nitrogens with zero attached hydrogens (tertiary/aromatic N) is 4. The SMILES string of the molecule is Cc1nnnn1-c1cccc(NC(=O)C2CCCC(N)C2)c1. The Kier molecular flexibility index (Phi) is 4.15. The third-order valence-corrected chi connectivity index (χ3v) is 4.07. The van der Waals surface area contributed by atoms with E-state index in [1.807, 2.05) is 31.2 Å². The molecule has 2 aromatic rings. The summed E-state index contributed by atoms with van der Waals surface area (Å²) in [6, 6.07) is 7.64. The molecule has 2 unspecified atom stereocenters. The molecular weight excluding hydrogens is 280 g/mol. The maximum absolute atomic E-state index is 12.4. The van der Waals surface area contributed by atoms with Crippen LogP contribution in [0.15, 0.2) is 24.3 Å². The second-order valence-electron chi connectivity index (χ2n) is 5.80. The lowest BCUT2D eigenvalue weighted by Crippen LogP contribution is -2.34. The van der Waals surface area contributed by atoms with Gasteiger partial charge < -0.3 is 11.1 Å². The molecule has 0 aliphatic heterocycles. The molecule has 7 nitrogen and oxygen atoms in total. The van der Waals surface area contributed by atoms with Crippen molar-refractivity contribution in [2.24, 2.45) is 11.7 Å². The van der Waals surface area contributed by atoms with Gasteiger partial charge in [0.1, 0.15) is 0 Å². The maximum Gasteiger partial charge on any atom is 0.227 e. The number of carbonyl (C=O) groups is 1. The van der Waals surface area contributed by atoms with Crippen molar-refractivity contribution < 1.29 is 4.79 Å². The summed E-state index contributed by atoms with van der Waals surface area (Å²) in [5.74, 6) is 0.740. The third-order valence-electron chi connectivity index (χ3n) is 4.07. The van der Waals surface area contributed by atoms with Crippen molar-refractivity contribution in [3.8, 4) is 5.69 Å². The van der Waals surface area contributed by atoms with Gasteiger partial charge in [0.15, 0.2) is 5.82 Å². The smallest absolute Gasteiger partial charge is 0.227 e. The summed E-state index contributed by atoms with van der Waals surface area (Å²) in [4.78, 5) is 12.4. The number of benzene rings is 1. The van der Waals surface area contributed by atoms with E-state index in [0.29, 0.717) is 5.82 Å². The molecule has 0 radical (unpaired) electrons. The van der Waals surface area contributed by atoms with E-state index in [1.165, 1.54) is 0 Å². The van der Waals surface area contributed by atoms with Crippen LogP contribution in [0.4, 0.5) is 5.69 Å². The first-order valence-electron chi connectivity index (χ1n) is 7.55. The molecule has 1 fully saturated rings. The van der Waals surface area contributed by atoms with Gasteiger partial charge in [0, 0.05) is 17.6 Å². The topological polar surface area (TPSA) is 98.7 Å². The Bertz CT molecular complexity index is 668. The minimum Gasteiger partial charge on any atom is -0.328 e. The normalized spacial score (nSPS) is 21.5. The van der Waals surface area contributed by atoms with Crippen LogP contribution >= 0.6 is 0 Å². The lowest BCUT2D eigenvalue weighted by Gasteiger charge is -2.25. The van der Waals surface area contributed by atoms with Crippen LogP contribution in [0.25, 0.3) is 5.69 Å². The molecule has 0 spiro atoms. The van der Waals surface area contributed by atoms with Crippen LogP contribution in [0.3, 0.4) is 0 Å². The van der Waals surface area contributed by atoms with Crippen LogP contribution in [0.1, 0.15) is 31.5 Å². The average Bonchev–Trinajstić information content (AvgIpc) is 2.94. The first-order valence-corrected chi connectivity index (χ1v) is 7.55. The number of aromatic nitrogens is 4. The van der Waals surface area contributed by atoms with Crippen molar-refractivity contribution in [1.82, 2.24) is 20.2 Å². The molecule has 1 aromatic carbocycles. The first-order chi connectivity index (χ1) is 10.6. The zero-order valence-electron chi connectivity index (χ0n) is 12.6. The van der Waals surface area contributed by atoms with Crippen LogP contribution in [0.5, 0.6) is 0 Å². The Morgan fingerprint density at radius 1 is 1.41 bits per heavy atom. The Balaban J connectivity index is 1.73. The zero-order chi connectivity index (χ0) is 15.5. The molecule has 1 aliphatic rings. The Labute approximate surface area is 128 Å². The molecule has 1 aliphatic carbocycles. The maximum atomic E-state index is 12.4. The van der Waals surface area contributed by atoms with Crippen LogP contribution in [-0.2, 0) is 4.79 Å². The van der Waals surface area contributed by atoms with Gasteiger partial charge in [-0.05, 0) is 54.8 Å². The van der Waals surface area contributed by atoms with Crippen LogP contribution in [0.2, 0.25) is 0 Å². The van der Waals surface area contributed by atoms with Crippen molar-refractivity contribution in [1.29, 1.82) is 0 Å². The summed E-state index contributed by atoms with van der Waals surface area (Å²) in [6.07, 6.45) is 3.70. The van der Waals surface area contributed by atoms with E-state index >= 15 is 0 Å². The molecular formula is C15H20N6O. The number of rotatable bonds is 3. The fourth-order valence-corrected chi connectivity index (χ4v) is 2.90. The monoisotopic (exact) mass is 300 g/mol. The summed E-state index contributed by atoms with van der Waals surface area (Å²) >= 11 is 0. The number of hydrogen-bond donors (Lipinski definition) is 2. The standard InChI is InChI=1S/C15H20N6O/c1-10-18-19-20-21(10)14-7-3-6-13(9-14)17-15(22)11-4-2-5-12(16)8-11/h3,6-7,9,11-12H,2,4-5,8,16H2,1H3,(H,17,22). The van der Waals surface area contributed by atoms with Crippen LogP contribution in [0, 0.1) is 12.8 Å². The summed E-state index contributed by atoms with van der Waals surface area (Å²) in [5.41, 5.74) is 7.52. The van der Waals surface area contributed by atoms with E-state index in [2.05, 4.69) is 20.8 Å². The quantitative estimate of drug-likeness (QED) is 0.893. The van der Waals surface area contributed by atoms with Gasteiger partial charge in [-0.1, -0.05) is 12.5 Å². The third kappa shape index (κ3) is 3.14. The number of tetrazole rings is 1. The highest BCUT2D eigenvalue weighted by Gasteiger charge is 2.25. The molecule has 3 N–H and O–H groups in total. The number of anilines is 1. The lowest BCUT2D eigenvalue weighted by atomic mass is 9.85. The number of amides is 1. The van der Waals surface area contributed by atoms with Gasteiger partial charge in [0.2, 0.25) is 5.91 Å². The second-order valence-corrected chi connectivity index (χ2v) is 5.80. The molecule has 0 saturated heterocycles. The molecule has 1 saturated carbocycles. The fourth-order valence-electron chi connectivity index (χ4n) is 2.90. The highest BCUT2D eigenvalue weighted by molar-refractivity contribution is 5.92. The summed E-state index contributed by atoms with van der Waals surface area (Å²) < 4.78 is 1.63. The highest BCUT2D eigenvalue weighted by atomic mass is 16.1. The van der Waals surface area contributed by atoms with E-state index < -0.39 is 0 Å². The van der Waals surface area contributed by atoms with E-state index in [-0.39, 0.29) is 17.9 Å².